The van der Waals surface area contributed by atoms with Crippen LogP contribution in [0.5, 0.6) is 0 Å². The predicted molar refractivity (Wildman–Crippen MR) is 47.1 cm³/mol. The Hall–Kier alpha value is -0.0800. The van der Waals surface area contributed by atoms with Crippen LogP contribution in [0.1, 0.15) is 33.6 Å². The lowest BCUT2D eigenvalue weighted by molar-refractivity contribution is -0.0199. The third-order valence-electron chi connectivity index (χ3n) is 2.97. The van der Waals surface area contributed by atoms with Crippen molar-refractivity contribution in [2.45, 2.75) is 51.4 Å². The summed E-state index contributed by atoms with van der Waals surface area (Å²) in [5.41, 5.74) is 0.0850. The quantitative estimate of drug-likeness (QED) is 0.561. The number of rotatable bonds is 1. The topological polar surface area (TPSA) is 21.8 Å². The Balaban J connectivity index is 1.89. The molecule has 0 aliphatic carbocycles. The average Bonchev–Trinajstić information content (AvgIpc) is 2.60. The molecule has 2 aliphatic rings. The fourth-order valence-electron chi connectivity index (χ4n) is 2.03. The third-order valence-corrected chi connectivity index (χ3v) is 2.97. The SMILES string of the molecule is C[C@H]1CCO[C@@H]([C@@H]2OC2(C)C)C1. The summed E-state index contributed by atoms with van der Waals surface area (Å²) in [6, 6.07) is 0. The smallest absolute Gasteiger partial charge is 0.113 e. The molecule has 0 bridgehead atoms. The third kappa shape index (κ3) is 1.50. The minimum absolute atomic E-state index is 0.0850. The van der Waals surface area contributed by atoms with Crippen molar-refractivity contribution in [2.75, 3.05) is 6.61 Å². The molecule has 0 N–H and O–H groups in total. The molecule has 2 rings (SSSR count). The molecule has 0 unspecified atom stereocenters. The summed E-state index contributed by atoms with van der Waals surface area (Å²) in [7, 11) is 0. The molecule has 2 heteroatoms. The minimum atomic E-state index is 0.0850. The van der Waals surface area contributed by atoms with E-state index in [4.69, 9.17) is 9.47 Å². The zero-order valence-electron chi connectivity index (χ0n) is 8.17. The first kappa shape index (κ1) is 8.52. The van der Waals surface area contributed by atoms with Gasteiger partial charge in [-0.15, -0.1) is 0 Å². The van der Waals surface area contributed by atoms with Crippen LogP contribution in [0.3, 0.4) is 0 Å². The molecule has 0 aromatic heterocycles. The summed E-state index contributed by atoms with van der Waals surface area (Å²) >= 11 is 0. The second-order valence-electron chi connectivity index (χ2n) is 4.68. The van der Waals surface area contributed by atoms with E-state index in [1.54, 1.807) is 0 Å². The molecule has 70 valence electrons. The van der Waals surface area contributed by atoms with Gasteiger partial charge in [0.1, 0.15) is 6.10 Å². The molecule has 0 amide bonds. The average molecular weight is 170 g/mol. The van der Waals surface area contributed by atoms with Crippen molar-refractivity contribution in [3.63, 3.8) is 0 Å². The number of hydrogen-bond acceptors (Lipinski definition) is 2. The van der Waals surface area contributed by atoms with E-state index in [-0.39, 0.29) is 5.60 Å². The van der Waals surface area contributed by atoms with Gasteiger partial charge in [0.15, 0.2) is 0 Å². The monoisotopic (exact) mass is 170 g/mol. The van der Waals surface area contributed by atoms with Gasteiger partial charge >= 0.3 is 0 Å². The first-order valence-corrected chi connectivity index (χ1v) is 4.89. The van der Waals surface area contributed by atoms with Crippen LogP contribution in [0, 0.1) is 5.92 Å². The van der Waals surface area contributed by atoms with E-state index in [0.29, 0.717) is 12.2 Å². The summed E-state index contributed by atoms with van der Waals surface area (Å²) < 4.78 is 11.3. The van der Waals surface area contributed by atoms with Crippen LogP contribution in [0.4, 0.5) is 0 Å². The van der Waals surface area contributed by atoms with Crippen molar-refractivity contribution in [1.82, 2.24) is 0 Å². The standard InChI is InChI=1S/C10H18O2/c1-7-4-5-11-8(6-7)9-10(2,3)12-9/h7-9H,4-6H2,1-3H3/t7-,8+,9-/m0/s1. The van der Waals surface area contributed by atoms with Crippen LogP contribution in [0.2, 0.25) is 0 Å². The lowest BCUT2D eigenvalue weighted by Gasteiger charge is -2.26. The molecular weight excluding hydrogens is 152 g/mol. The molecule has 2 heterocycles. The Morgan fingerprint density at radius 2 is 2.00 bits per heavy atom. The summed E-state index contributed by atoms with van der Waals surface area (Å²) in [6.45, 7) is 7.49. The summed E-state index contributed by atoms with van der Waals surface area (Å²) in [5.74, 6) is 0.809. The molecule has 0 spiro atoms. The molecular formula is C10H18O2. The van der Waals surface area contributed by atoms with Crippen LogP contribution >= 0.6 is 0 Å². The zero-order valence-corrected chi connectivity index (χ0v) is 8.17. The van der Waals surface area contributed by atoms with Crippen molar-refractivity contribution in [2.24, 2.45) is 5.92 Å². The fraction of sp³-hybridized carbons (Fsp3) is 1.00. The van der Waals surface area contributed by atoms with E-state index in [0.717, 1.165) is 12.5 Å². The summed E-state index contributed by atoms with van der Waals surface area (Å²) in [5, 5.41) is 0. The highest BCUT2D eigenvalue weighted by Gasteiger charge is 2.53. The zero-order chi connectivity index (χ0) is 8.77. The van der Waals surface area contributed by atoms with Gasteiger partial charge < -0.3 is 9.47 Å². The van der Waals surface area contributed by atoms with E-state index in [9.17, 15) is 0 Å². The van der Waals surface area contributed by atoms with Crippen LogP contribution in [0.15, 0.2) is 0 Å². The van der Waals surface area contributed by atoms with Gasteiger partial charge in [0, 0.05) is 6.61 Å². The molecule has 0 saturated carbocycles. The molecule has 0 radical (unpaired) electrons. The Morgan fingerprint density at radius 3 is 2.50 bits per heavy atom. The lowest BCUT2D eigenvalue weighted by Crippen LogP contribution is -2.31. The highest BCUT2D eigenvalue weighted by molar-refractivity contribution is 5.00. The Bertz CT molecular complexity index is 177. The minimum Gasteiger partial charge on any atom is -0.375 e. The maximum atomic E-state index is 5.68. The van der Waals surface area contributed by atoms with Gasteiger partial charge in [0.05, 0.1) is 11.7 Å². The fourth-order valence-corrected chi connectivity index (χ4v) is 2.03. The van der Waals surface area contributed by atoms with Crippen LogP contribution < -0.4 is 0 Å². The van der Waals surface area contributed by atoms with Gasteiger partial charge in [-0.25, -0.2) is 0 Å². The second kappa shape index (κ2) is 2.71. The molecule has 2 fully saturated rings. The molecule has 2 nitrogen and oxygen atoms in total. The van der Waals surface area contributed by atoms with E-state index >= 15 is 0 Å². The first-order valence-electron chi connectivity index (χ1n) is 4.89. The number of hydrogen-bond donors (Lipinski definition) is 0. The predicted octanol–water partition coefficient (Wildman–Crippen LogP) is 1.98. The lowest BCUT2D eigenvalue weighted by atomic mass is 9.93. The van der Waals surface area contributed by atoms with E-state index in [1.165, 1.54) is 12.8 Å². The van der Waals surface area contributed by atoms with Gasteiger partial charge in [-0.2, -0.15) is 0 Å². The van der Waals surface area contributed by atoms with E-state index in [2.05, 4.69) is 20.8 Å². The largest absolute Gasteiger partial charge is 0.375 e. The van der Waals surface area contributed by atoms with Gasteiger partial charge in [-0.05, 0) is 32.6 Å². The molecule has 12 heavy (non-hydrogen) atoms. The highest BCUT2D eigenvalue weighted by Crippen LogP contribution is 2.42. The Labute approximate surface area is 74.2 Å². The van der Waals surface area contributed by atoms with Crippen LogP contribution in [0.25, 0.3) is 0 Å². The van der Waals surface area contributed by atoms with Crippen LogP contribution in [-0.2, 0) is 9.47 Å². The second-order valence-corrected chi connectivity index (χ2v) is 4.68. The number of epoxide rings is 1. The van der Waals surface area contributed by atoms with Crippen molar-refractivity contribution in [3.05, 3.63) is 0 Å². The van der Waals surface area contributed by atoms with Crippen molar-refractivity contribution >= 4 is 0 Å². The molecule has 0 aromatic carbocycles. The maximum absolute atomic E-state index is 5.68. The molecule has 2 saturated heterocycles. The molecule has 3 atom stereocenters. The maximum Gasteiger partial charge on any atom is 0.113 e. The summed E-state index contributed by atoms with van der Waals surface area (Å²) in [4.78, 5) is 0. The Morgan fingerprint density at radius 1 is 1.33 bits per heavy atom. The van der Waals surface area contributed by atoms with Gasteiger partial charge in [-0.1, -0.05) is 6.92 Å². The Kier molecular flexibility index (Phi) is 1.92. The van der Waals surface area contributed by atoms with E-state index in [1.807, 2.05) is 0 Å². The van der Waals surface area contributed by atoms with Gasteiger partial charge in [0.2, 0.25) is 0 Å². The first-order chi connectivity index (χ1) is 5.59. The van der Waals surface area contributed by atoms with Gasteiger partial charge in [-0.3, -0.25) is 0 Å². The number of ether oxygens (including phenoxy) is 2. The van der Waals surface area contributed by atoms with Crippen molar-refractivity contribution < 1.29 is 9.47 Å². The molecule has 2 aliphatic heterocycles. The van der Waals surface area contributed by atoms with Crippen molar-refractivity contribution in [3.8, 4) is 0 Å². The van der Waals surface area contributed by atoms with Gasteiger partial charge in [0.25, 0.3) is 0 Å². The highest BCUT2D eigenvalue weighted by atomic mass is 16.6. The normalized spacial score (nSPS) is 45.8. The van der Waals surface area contributed by atoms with Crippen LogP contribution in [-0.4, -0.2) is 24.4 Å². The van der Waals surface area contributed by atoms with E-state index < -0.39 is 0 Å². The molecule has 0 aromatic rings. The summed E-state index contributed by atoms with van der Waals surface area (Å²) in [6.07, 6.45) is 3.11. The van der Waals surface area contributed by atoms with Crippen molar-refractivity contribution in [1.29, 1.82) is 0 Å².